The predicted octanol–water partition coefficient (Wildman–Crippen LogP) is 3.84. The van der Waals surface area contributed by atoms with Gasteiger partial charge in [0.1, 0.15) is 28.9 Å². The van der Waals surface area contributed by atoms with Crippen LogP contribution < -0.4 is 10.1 Å². The highest BCUT2D eigenvalue weighted by molar-refractivity contribution is 6.09. The minimum absolute atomic E-state index is 0.00992. The summed E-state index contributed by atoms with van der Waals surface area (Å²) in [6.45, 7) is 6.03. The fourth-order valence-corrected chi connectivity index (χ4v) is 2.13. The van der Waals surface area contributed by atoms with Crippen LogP contribution in [-0.2, 0) is 4.79 Å². The van der Waals surface area contributed by atoms with E-state index in [0.717, 1.165) is 11.3 Å². The van der Waals surface area contributed by atoms with E-state index < -0.39 is 5.91 Å². The van der Waals surface area contributed by atoms with E-state index >= 15 is 0 Å². The number of hydrogen-bond donors (Lipinski definition) is 1. The number of carbonyl (C=O) groups excluding carboxylic acids is 1. The lowest BCUT2D eigenvalue weighted by Crippen LogP contribution is -2.13. The van der Waals surface area contributed by atoms with Gasteiger partial charge in [-0.25, -0.2) is 0 Å². The number of furan rings is 1. The van der Waals surface area contributed by atoms with Gasteiger partial charge >= 0.3 is 0 Å². The minimum Gasteiger partial charge on any atom is -0.494 e. The van der Waals surface area contributed by atoms with Crippen LogP contribution in [0.15, 0.2) is 40.3 Å². The zero-order valence-corrected chi connectivity index (χ0v) is 13.3. The summed E-state index contributed by atoms with van der Waals surface area (Å²) in [7, 11) is 0. The lowest BCUT2D eigenvalue weighted by Gasteiger charge is -2.07. The first-order valence-electron chi connectivity index (χ1n) is 7.26. The van der Waals surface area contributed by atoms with Crippen molar-refractivity contribution in [1.82, 2.24) is 0 Å². The molecule has 5 heteroatoms. The summed E-state index contributed by atoms with van der Waals surface area (Å²) in [5.74, 6) is 1.59. The summed E-state index contributed by atoms with van der Waals surface area (Å²) in [5, 5.41) is 11.9. The molecule has 0 bridgehead atoms. The molecule has 1 aromatic carbocycles. The van der Waals surface area contributed by atoms with Gasteiger partial charge in [-0.1, -0.05) is 6.07 Å². The second-order valence-corrected chi connectivity index (χ2v) is 4.95. The van der Waals surface area contributed by atoms with Gasteiger partial charge < -0.3 is 14.5 Å². The largest absolute Gasteiger partial charge is 0.494 e. The van der Waals surface area contributed by atoms with E-state index in [1.54, 1.807) is 37.3 Å². The van der Waals surface area contributed by atoms with Gasteiger partial charge in [-0.05, 0) is 45.0 Å². The van der Waals surface area contributed by atoms with E-state index in [2.05, 4.69) is 5.32 Å². The molecule has 0 aliphatic heterocycles. The molecule has 0 saturated heterocycles. The number of amides is 1. The molecule has 5 nitrogen and oxygen atoms in total. The normalized spacial score (nSPS) is 11.0. The van der Waals surface area contributed by atoms with Crippen LogP contribution in [0.5, 0.6) is 5.75 Å². The van der Waals surface area contributed by atoms with Crippen LogP contribution in [0.25, 0.3) is 6.08 Å². The Morgan fingerprint density at radius 1 is 1.39 bits per heavy atom. The van der Waals surface area contributed by atoms with E-state index in [1.807, 2.05) is 19.9 Å². The lowest BCUT2D eigenvalue weighted by atomic mass is 10.1. The molecule has 1 N–H and O–H groups in total. The maximum absolute atomic E-state index is 12.3. The number of aryl methyl sites for hydroxylation is 2. The van der Waals surface area contributed by atoms with Gasteiger partial charge in [0.15, 0.2) is 0 Å². The molecule has 1 aromatic heterocycles. The van der Waals surface area contributed by atoms with Crippen LogP contribution in [0, 0.1) is 25.2 Å². The summed E-state index contributed by atoms with van der Waals surface area (Å²) in [6.07, 6.45) is 1.52. The molecule has 23 heavy (non-hydrogen) atoms. The molecule has 0 spiro atoms. The molecule has 0 radical (unpaired) electrons. The SMILES string of the molecule is CCOc1cccc(NC(=O)/C(C#N)=C\c2cc(C)oc2C)c1. The summed E-state index contributed by atoms with van der Waals surface area (Å²) in [4.78, 5) is 12.3. The molecule has 0 aliphatic carbocycles. The number of hydrogen-bond acceptors (Lipinski definition) is 4. The topological polar surface area (TPSA) is 75.3 Å². The Hall–Kier alpha value is -3.00. The van der Waals surface area contributed by atoms with E-state index in [1.165, 1.54) is 6.08 Å². The van der Waals surface area contributed by atoms with Crippen molar-refractivity contribution in [1.29, 1.82) is 5.26 Å². The molecular weight excluding hydrogens is 292 g/mol. The molecule has 0 atom stereocenters. The molecule has 1 heterocycles. The number of anilines is 1. The average molecular weight is 310 g/mol. The molecular formula is C18H18N2O3. The van der Waals surface area contributed by atoms with Gasteiger partial charge in [0.05, 0.1) is 6.61 Å². The third-order valence-corrected chi connectivity index (χ3v) is 3.15. The summed E-state index contributed by atoms with van der Waals surface area (Å²) in [5.41, 5.74) is 1.30. The van der Waals surface area contributed by atoms with Crippen molar-refractivity contribution in [2.75, 3.05) is 11.9 Å². The first-order valence-corrected chi connectivity index (χ1v) is 7.26. The maximum atomic E-state index is 12.3. The van der Waals surface area contributed by atoms with Crippen molar-refractivity contribution in [3.63, 3.8) is 0 Å². The van der Waals surface area contributed by atoms with Crippen LogP contribution in [-0.4, -0.2) is 12.5 Å². The van der Waals surface area contributed by atoms with Crippen molar-refractivity contribution >= 4 is 17.7 Å². The molecule has 0 saturated carbocycles. The van der Waals surface area contributed by atoms with Gasteiger partial charge in [0, 0.05) is 17.3 Å². The van der Waals surface area contributed by atoms with E-state index in [-0.39, 0.29) is 5.57 Å². The molecule has 0 aliphatic rings. The fraction of sp³-hybridized carbons (Fsp3) is 0.222. The Labute approximate surface area is 135 Å². The van der Waals surface area contributed by atoms with Gasteiger partial charge in [-0.15, -0.1) is 0 Å². The summed E-state index contributed by atoms with van der Waals surface area (Å²) < 4.78 is 10.8. The first-order chi connectivity index (χ1) is 11.0. The smallest absolute Gasteiger partial charge is 0.266 e. The number of ether oxygens (including phenoxy) is 1. The Balaban J connectivity index is 2.19. The van der Waals surface area contributed by atoms with Gasteiger partial charge in [0.2, 0.25) is 0 Å². The third-order valence-electron chi connectivity index (χ3n) is 3.15. The number of carbonyl (C=O) groups is 1. The predicted molar refractivity (Wildman–Crippen MR) is 88.0 cm³/mol. The maximum Gasteiger partial charge on any atom is 0.266 e. The second-order valence-electron chi connectivity index (χ2n) is 4.95. The van der Waals surface area contributed by atoms with Crippen LogP contribution >= 0.6 is 0 Å². The molecule has 0 fully saturated rings. The fourth-order valence-electron chi connectivity index (χ4n) is 2.13. The molecule has 118 valence electrons. The highest BCUT2D eigenvalue weighted by atomic mass is 16.5. The Morgan fingerprint density at radius 3 is 2.78 bits per heavy atom. The number of nitriles is 1. The van der Waals surface area contributed by atoms with Crippen molar-refractivity contribution in [2.24, 2.45) is 0 Å². The third kappa shape index (κ3) is 4.24. The zero-order valence-electron chi connectivity index (χ0n) is 13.3. The highest BCUT2D eigenvalue weighted by Crippen LogP contribution is 2.20. The van der Waals surface area contributed by atoms with Crippen LogP contribution in [0.1, 0.15) is 24.0 Å². The number of nitrogens with zero attached hydrogens (tertiary/aromatic N) is 1. The van der Waals surface area contributed by atoms with E-state index in [4.69, 9.17) is 9.15 Å². The van der Waals surface area contributed by atoms with E-state index in [0.29, 0.717) is 23.8 Å². The number of nitrogens with one attached hydrogen (secondary N) is 1. The Kier molecular flexibility index (Phi) is 5.21. The van der Waals surface area contributed by atoms with Gasteiger partial charge in [-0.2, -0.15) is 5.26 Å². The van der Waals surface area contributed by atoms with Gasteiger partial charge in [0.25, 0.3) is 5.91 Å². The monoisotopic (exact) mass is 310 g/mol. The second kappa shape index (κ2) is 7.32. The van der Waals surface area contributed by atoms with Crippen molar-refractivity contribution < 1.29 is 13.9 Å². The molecule has 0 unspecified atom stereocenters. The van der Waals surface area contributed by atoms with Crippen molar-refractivity contribution in [2.45, 2.75) is 20.8 Å². The zero-order chi connectivity index (χ0) is 16.8. The highest BCUT2D eigenvalue weighted by Gasteiger charge is 2.12. The van der Waals surface area contributed by atoms with Crippen LogP contribution in [0.2, 0.25) is 0 Å². The molecule has 2 rings (SSSR count). The summed E-state index contributed by atoms with van der Waals surface area (Å²) in [6, 6.07) is 10.7. The van der Waals surface area contributed by atoms with Crippen LogP contribution in [0.3, 0.4) is 0 Å². The summed E-state index contributed by atoms with van der Waals surface area (Å²) >= 11 is 0. The lowest BCUT2D eigenvalue weighted by molar-refractivity contribution is -0.112. The van der Waals surface area contributed by atoms with Crippen LogP contribution in [0.4, 0.5) is 5.69 Å². The first kappa shape index (κ1) is 16.4. The molecule has 2 aromatic rings. The van der Waals surface area contributed by atoms with Gasteiger partial charge in [-0.3, -0.25) is 4.79 Å². The quantitative estimate of drug-likeness (QED) is 0.672. The minimum atomic E-state index is -0.473. The van der Waals surface area contributed by atoms with Crippen molar-refractivity contribution in [3.8, 4) is 11.8 Å². The standard InChI is InChI=1S/C18H18N2O3/c1-4-22-17-7-5-6-16(10-17)20-18(21)15(11-19)9-14-8-12(2)23-13(14)3/h5-10H,4H2,1-3H3,(H,20,21)/b15-9-. The number of rotatable bonds is 5. The van der Waals surface area contributed by atoms with Crippen molar-refractivity contribution in [3.05, 3.63) is 53.0 Å². The Bertz CT molecular complexity index is 782. The Morgan fingerprint density at radius 2 is 2.17 bits per heavy atom. The molecule has 1 amide bonds. The number of benzene rings is 1. The average Bonchev–Trinajstić information content (AvgIpc) is 2.83. The van der Waals surface area contributed by atoms with E-state index in [9.17, 15) is 10.1 Å².